The highest BCUT2D eigenvalue weighted by molar-refractivity contribution is 7.91. The first-order chi connectivity index (χ1) is 12.9. The highest BCUT2D eigenvalue weighted by Gasteiger charge is 2.29. The van der Waals surface area contributed by atoms with Gasteiger partial charge in [0, 0.05) is 17.8 Å². The molecule has 1 aromatic heterocycles. The van der Waals surface area contributed by atoms with Crippen LogP contribution < -0.4 is 20.1 Å². The molecule has 0 spiro atoms. The van der Waals surface area contributed by atoms with Gasteiger partial charge < -0.3 is 20.1 Å². The first kappa shape index (κ1) is 18.9. The summed E-state index contributed by atoms with van der Waals surface area (Å²) in [4.78, 5) is 12.2. The van der Waals surface area contributed by atoms with Crippen LogP contribution in [0.2, 0.25) is 0 Å². The summed E-state index contributed by atoms with van der Waals surface area (Å²) in [6.07, 6.45) is 0.417. The highest BCUT2D eigenvalue weighted by atomic mass is 32.2. The number of methoxy groups -OCH3 is 2. The molecule has 1 amide bonds. The lowest BCUT2D eigenvalue weighted by Gasteiger charge is -2.11. The zero-order valence-electron chi connectivity index (χ0n) is 14.9. The lowest BCUT2D eigenvalue weighted by atomic mass is 10.2. The molecular weight excluding hydrogens is 372 g/mol. The van der Waals surface area contributed by atoms with Gasteiger partial charge in [0.2, 0.25) is 0 Å². The Morgan fingerprint density at radius 1 is 1.11 bits per heavy atom. The van der Waals surface area contributed by atoms with Crippen molar-refractivity contribution in [2.45, 2.75) is 12.5 Å². The fourth-order valence-electron chi connectivity index (χ4n) is 2.75. The summed E-state index contributed by atoms with van der Waals surface area (Å²) in [5, 5.41) is 13.6. The van der Waals surface area contributed by atoms with Gasteiger partial charge >= 0.3 is 0 Å². The van der Waals surface area contributed by atoms with Crippen LogP contribution in [-0.2, 0) is 9.84 Å². The number of sulfone groups is 1. The molecule has 144 valence electrons. The average Bonchev–Trinajstić information content (AvgIpc) is 3.00. The minimum Gasteiger partial charge on any atom is -0.493 e. The molecule has 1 atom stereocenters. The van der Waals surface area contributed by atoms with E-state index in [1.807, 2.05) is 0 Å². The van der Waals surface area contributed by atoms with Gasteiger partial charge in [0.15, 0.2) is 32.8 Å². The standard InChI is InChI=1S/C17H20N4O5S/c1-25-14-5-3-11(9-15(14)26-2)18-16-6-4-13(20-21-16)17(22)19-12-7-8-27(23,24)10-12/h3-6,9,12H,7-8,10H2,1-2H3,(H,18,21)(H,19,22). The third kappa shape index (κ3) is 4.64. The molecule has 1 aromatic carbocycles. The first-order valence-corrected chi connectivity index (χ1v) is 10.1. The third-order valence-electron chi connectivity index (χ3n) is 4.12. The third-order valence-corrected chi connectivity index (χ3v) is 5.89. The van der Waals surface area contributed by atoms with Gasteiger partial charge in [0.05, 0.1) is 25.7 Å². The van der Waals surface area contributed by atoms with Gasteiger partial charge in [-0.25, -0.2) is 8.42 Å². The quantitative estimate of drug-likeness (QED) is 0.751. The number of benzene rings is 1. The number of ether oxygens (including phenoxy) is 2. The Kier molecular flexibility index (Phi) is 5.45. The lowest BCUT2D eigenvalue weighted by Crippen LogP contribution is -2.36. The SMILES string of the molecule is COc1ccc(Nc2ccc(C(=O)NC3CCS(=O)(=O)C3)nn2)cc1OC. The maximum atomic E-state index is 12.2. The molecule has 0 radical (unpaired) electrons. The number of nitrogens with zero attached hydrogens (tertiary/aromatic N) is 2. The van der Waals surface area contributed by atoms with Crippen molar-refractivity contribution in [2.24, 2.45) is 0 Å². The fourth-order valence-corrected chi connectivity index (χ4v) is 4.42. The second kappa shape index (κ2) is 7.78. The molecule has 1 fully saturated rings. The Balaban J connectivity index is 1.64. The van der Waals surface area contributed by atoms with Crippen LogP contribution >= 0.6 is 0 Å². The minimum atomic E-state index is -3.06. The normalized spacial score (nSPS) is 17.9. The minimum absolute atomic E-state index is 0.0366. The van der Waals surface area contributed by atoms with Crippen molar-refractivity contribution in [1.82, 2.24) is 15.5 Å². The highest BCUT2D eigenvalue weighted by Crippen LogP contribution is 2.30. The van der Waals surface area contributed by atoms with Crippen molar-refractivity contribution in [3.05, 3.63) is 36.0 Å². The number of amides is 1. The summed E-state index contributed by atoms with van der Waals surface area (Å²) in [5.41, 5.74) is 0.840. The number of aromatic nitrogens is 2. The number of hydrogen-bond donors (Lipinski definition) is 2. The van der Waals surface area contributed by atoms with E-state index in [9.17, 15) is 13.2 Å². The van der Waals surface area contributed by atoms with E-state index in [0.29, 0.717) is 23.7 Å². The van der Waals surface area contributed by atoms with Crippen molar-refractivity contribution in [2.75, 3.05) is 31.0 Å². The van der Waals surface area contributed by atoms with Gasteiger partial charge in [-0.1, -0.05) is 0 Å². The predicted molar refractivity (Wildman–Crippen MR) is 99.4 cm³/mol. The average molecular weight is 392 g/mol. The van der Waals surface area contributed by atoms with Crippen molar-refractivity contribution in [3.8, 4) is 11.5 Å². The molecule has 9 nitrogen and oxygen atoms in total. The van der Waals surface area contributed by atoms with Crippen LogP contribution in [0.1, 0.15) is 16.9 Å². The van der Waals surface area contributed by atoms with Gasteiger partial charge in [-0.2, -0.15) is 0 Å². The number of hydrogen-bond acceptors (Lipinski definition) is 8. The Labute approximate surface area is 157 Å². The van der Waals surface area contributed by atoms with Crippen LogP contribution in [0, 0.1) is 0 Å². The molecule has 10 heteroatoms. The molecule has 0 aliphatic carbocycles. The van der Waals surface area contributed by atoms with E-state index in [0.717, 1.165) is 5.69 Å². The van der Waals surface area contributed by atoms with Crippen LogP contribution in [0.4, 0.5) is 11.5 Å². The molecule has 1 saturated heterocycles. The topological polar surface area (TPSA) is 120 Å². The molecule has 2 heterocycles. The summed E-state index contributed by atoms with van der Waals surface area (Å²) < 4.78 is 33.4. The number of anilines is 2. The van der Waals surface area contributed by atoms with Crippen LogP contribution in [0.3, 0.4) is 0 Å². The number of carbonyl (C=O) groups excluding carboxylic acids is 1. The summed E-state index contributed by atoms with van der Waals surface area (Å²) in [7, 11) is 0.0474. The molecule has 1 aliphatic heterocycles. The summed E-state index contributed by atoms with van der Waals surface area (Å²) >= 11 is 0. The van der Waals surface area contributed by atoms with E-state index < -0.39 is 15.7 Å². The predicted octanol–water partition coefficient (Wildman–Crippen LogP) is 1.15. The van der Waals surface area contributed by atoms with E-state index in [1.165, 1.54) is 6.07 Å². The maximum absolute atomic E-state index is 12.2. The van der Waals surface area contributed by atoms with E-state index in [1.54, 1.807) is 38.5 Å². The molecule has 3 rings (SSSR count). The Morgan fingerprint density at radius 3 is 2.48 bits per heavy atom. The molecule has 27 heavy (non-hydrogen) atoms. The first-order valence-electron chi connectivity index (χ1n) is 8.24. The molecule has 2 aromatic rings. The summed E-state index contributed by atoms with van der Waals surface area (Å²) in [6.45, 7) is 0. The van der Waals surface area contributed by atoms with Crippen LogP contribution in [0.5, 0.6) is 11.5 Å². The molecule has 1 unspecified atom stereocenters. The molecule has 1 aliphatic rings. The monoisotopic (exact) mass is 392 g/mol. The molecule has 0 bridgehead atoms. The van der Waals surface area contributed by atoms with Gasteiger partial charge in [-0.05, 0) is 30.7 Å². The number of carbonyl (C=O) groups is 1. The Bertz CT molecular complexity index is 931. The maximum Gasteiger partial charge on any atom is 0.272 e. The van der Waals surface area contributed by atoms with Crippen molar-refractivity contribution < 1.29 is 22.7 Å². The molecule has 0 saturated carbocycles. The Hall–Kier alpha value is -2.88. The van der Waals surface area contributed by atoms with Crippen molar-refractivity contribution >= 4 is 27.2 Å². The van der Waals surface area contributed by atoms with E-state index in [-0.39, 0.29) is 23.2 Å². The lowest BCUT2D eigenvalue weighted by molar-refractivity contribution is 0.0935. The fraction of sp³-hybridized carbons (Fsp3) is 0.353. The second-order valence-electron chi connectivity index (χ2n) is 6.07. The molecular formula is C17H20N4O5S. The van der Waals surface area contributed by atoms with E-state index >= 15 is 0 Å². The molecule has 2 N–H and O–H groups in total. The number of nitrogens with one attached hydrogen (secondary N) is 2. The zero-order valence-corrected chi connectivity index (χ0v) is 15.7. The van der Waals surface area contributed by atoms with Crippen molar-refractivity contribution in [3.63, 3.8) is 0 Å². The van der Waals surface area contributed by atoms with Gasteiger partial charge in [-0.3, -0.25) is 4.79 Å². The van der Waals surface area contributed by atoms with Gasteiger partial charge in [0.1, 0.15) is 0 Å². The zero-order chi connectivity index (χ0) is 19.4. The smallest absolute Gasteiger partial charge is 0.272 e. The van der Waals surface area contributed by atoms with Gasteiger partial charge in [-0.15, -0.1) is 10.2 Å². The van der Waals surface area contributed by atoms with Crippen LogP contribution in [0.15, 0.2) is 30.3 Å². The summed E-state index contributed by atoms with van der Waals surface area (Å²) in [5.74, 6) is 1.24. The Morgan fingerprint density at radius 2 is 1.89 bits per heavy atom. The summed E-state index contributed by atoms with van der Waals surface area (Å²) in [6, 6.07) is 8.06. The second-order valence-corrected chi connectivity index (χ2v) is 8.30. The largest absolute Gasteiger partial charge is 0.493 e. The van der Waals surface area contributed by atoms with Crippen molar-refractivity contribution in [1.29, 1.82) is 0 Å². The number of rotatable bonds is 6. The van der Waals surface area contributed by atoms with Crippen LogP contribution in [-0.4, -0.2) is 56.3 Å². The van der Waals surface area contributed by atoms with E-state index in [2.05, 4.69) is 20.8 Å². The van der Waals surface area contributed by atoms with E-state index in [4.69, 9.17) is 9.47 Å². The van der Waals surface area contributed by atoms with Gasteiger partial charge in [0.25, 0.3) is 5.91 Å². The van der Waals surface area contributed by atoms with Crippen LogP contribution in [0.25, 0.3) is 0 Å².